The maximum Gasteiger partial charge on any atom is 0.122 e. The summed E-state index contributed by atoms with van der Waals surface area (Å²) < 4.78 is 5.59. The summed E-state index contributed by atoms with van der Waals surface area (Å²) >= 11 is 0. The van der Waals surface area contributed by atoms with Gasteiger partial charge in [-0.15, -0.1) is 0 Å². The van der Waals surface area contributed by atoms with Gasteiger partial charge >= 0.3 is 0 Å². The molecule has 0 radical (unpaired) electrons. The molecule has 1 aromatic rings. The number of likely N-dealkylation sites (N-methyl/N-ethyl adjacent to an activating group) is 1. The number of furan rings is 1. The summed E-state index contributed by atoms with van der Waals surface area (Å²) in [4.78, 5) is 2.24. The lowest BCUT2D eigenvalue weighted by Crippen LogP contribution is -2.36. The summed E-state index contributed by atoms with van der Waals surface area (Å²) in [6, 6.07) is 5.05. The van der Waals surface area contributed by atoms with E-state index in [9.17, 15) is 0 Å². The molecule has 0 aromatic carbocycles. The van der Waals surface area contributed by atoms with Crippen molar-refractivity contribution in [1.82, 2.24) is 10.2 Å². The van der Waals surface area contributed by atoms with Crippen LogP contribution in [0.4, 0.5) is 0 Å². The van der Waals surface area contributed by atoms with Gasteiger partial charge in [-0.1, -0.05) is 26.7 Å². The van der Waals surface area contributed by atoms with Crippen LogP contribution in [0.1, 0.15) is 57.8 Å². The van der Waals surface area contributed by atoms with E-state index < -0.39 is 0 Å². The van der Waals surface area contributed by atoms with Crippen molar-refractivity contribution >= 4 is 0 Å². The summed E-state index contributed by atoms with van der Waals surface area (Å²) in [7, 11) is 4.24. The van der Waals surface area contributed by atoms with Crippen molar-refractivity contribution in [1.29, 1.82) is 0 Å². The first kappa shape index (κ1) is 16.6. The van der Waals surface area contributed by atoms with Gasteiger partial charge in [-0.05, 0) is 57.3 Å². The molecular formula is C18H32N2O. The maximum atomic E-state index is 5.59. The van der Waals surface area contributed by atoms with E-state index in [1.807, 2.05) is 6.07 Å². The highest BCUT2D eigenvalue weighted by atomic mass is 16.3. The standard InChI is InChI=1S/C18H32N2O/c1-14(2)15-7-5-8-16(11-10-15)19-13-17(20(3)4)18-9-6-12-21-18/h6,9,12,14-17,19H,5,7-8,10-11,13H2,1-4H3. The number of nitrogens with one attached hydrogen (secondary N) is 1. The molecule has 0 aliphatic heterocycles. The van der Waals surface area contributed by atoms with Gasteiger partial charge in [0.2, 0.25) is 0 Å². The SMILES string of the molecule is CC(C)C1CCCC(NCC(c2ccco2)N(C)C)CC1. The van der Waals surface area contributed by atoms with Crippen LogP contribution in [0.2, 0.25) is 0 Å². The van der Waals surface area contributed by atoms with Gasteiger partial charge in [0.25, 0.3) is 0 Å². The lowest BCUT2D eigenvalue weighted by Gasteiger charge is -2.26. The van der Waals surface area contributed by atoms with E-state index in [0.29, 0.717) is 12.1 Å². The van der Waals surface area contributed by atoms with Crippen LogP contribution in [0, 0.1) is 11.8 Å². The molecule has 1 fully saturated rings. The fourth-order valence-electron chi connectivity index (χ4n) is 3.50. The van der Waals surface area contributed by atoms with Gasteiger partial charge < -0.3 is 9.73 Å². The second-order valence-corrected chi connectivity index (χ2v) is 7.11. The van der Waals surface area contributed by atoms with Crippen LogP contribution in [-0.2, 0) is 0 Å². The van der Waals surface area contributed by atoms with Crippen molar-refractivity contribution in [3.05, 3.63) is 24.2 Å². The summed E-state index contributed by atoms with van der Waals surface area (Å²) in [5.41, 5.74) is 0. The normalized spacial score (nSPS) is 25.2. The number of hydrogen-bond donors (Lipinski definition) is 1. The van der Waals surface area contributed by atoms with E-state index in [2.05, 4.69) is 44.2 Å². The largest absolute Gasteiger partial charge is 0.468 e. The minimum Gasteiger partial charge on any atom is -0.468 e. The zero-order chi connectivity index (χ0) is 15.2. The fraction of sp³-hybridized carbons (Fsp3) is 0.778. The Bertz CT molecular complexity index is 386. The molecule has 2 rings (SSSR count). The molecule has 1 aliphatic rings. The van der Waals surface area contributed by atoms with Crippen LogP contribution in [0.25, 0.3) is 0 Å². The third kappa shape index (κ3) is 4.86. The zero-order valence-corrected chi connectivity index (χ0v) is 14.1. The summed E-state index contributed by atoms with van der Waals surface area (Å²) in [5.74, 6) is 2.81. The van der Waals surface area contributed by atoms with E-state index >= 15 is 0 Å². The van der Waals surface area contributed by atoms with Gasteiger partial charge in [0.1, 0.15) is 5.76 Å². The minimum atomic E-state index is 0.323. The van der Waals surface area contributed by atoms with E-state index in [4.69, 9.17) is 4.42 Å². The topological polar surface area (TPSA) is 28.4 Å². The zero-order valence-electron chi connectivity index (χ0n) is 14.1. The summed E-state index contributed by atoms with van der Waals surface area (Å²) in [6.07, 6.45) is 8.56. The van der Waals surface area contributed by atoms with Crippen molar-refractivity contribution in [3.63, 3.8) is 0 Å². The quantitative estimate of drug-likeness (QED) is 0.801. The predicted octanol–water partition coefficient (Wildman–Crippen LogP) is 4.08. The van der Waals surface area contributed by atoms with Crippen molar-refractivity contribution in [2.45, 2.75) is 58.0 Å². The molecule has 120 valence electrons. The molecule has 3 unspecified atom stereocenters. The van der Waals surface area contributed by atoms with Crippen molar-refractivity contribution in [2.24, 2.45) is 11.8 Å². The fourth-order valence-corrected chi connectivity index (χ4v) is 3.50. The van der Waals surface area contributed by atoms with Crippen LogP contribution in [0.5, 0.6) is 0 Å². The Morgan fingerprint density at radius 2 is 2.05 bits per heavy atom. The van der Waals surface area contributed by atoms with Crippen LogP contribution in [0.15, 0.2) is 22.8 Å². The third-order valence-corrected chi connectivity index (χ3v) is 5.05. The first-order valence-electron chi connectivity index (χ1n) is 8.51. The molecule has 0 saturated heterocycles. The summed E-state index contributed by atoms with van der Waals surface area (Å²) in [6.45, 7) is 5.71. The van der Waals surface area contributed by atoms with Crippen LogP contribution in [0.3, 0.4) is 0 Å². The van der Waals surface area contributed by atoms with Gasteiger partial charge in [-0.2, -0.15) is 0 Å². The van der Waals surface area contributed by atoms with Crippen molar-refractivity contribution in [3.8, 4) is 0 Å². The molecule has 3 nitrogen and oxygen atoms in total. The first-order valence-corrected chi connectivity index (χ1v) is 8.51. The molecule has 3 heteroatoms. The second-order valence-electron chi connectivity index (χ2n) is 7.11. The monoisotopic (exact) mass is 292 g/mol. The second kappa shape index (κ2) is 8.00. The molecule has 1 heterocycles. The Morgan fingerprint density at radius 1 is 1.24 bits per heavy atom. The average Bonchev–Trinajstić information content (AvgIpc) is 2.84. The van der Waals surface area contributed by atoms with E-state index in [-0.39, 0.29) is 0 Å². The Kier molecular flexibility index (Phi) is 6.31. The molecule has 1 aromatic heterocycles. The number of rotatable bonds is 6. The van der Waals surface area contributed by atoms with Gasteiger partial charge in [-0.3, -0.25) is 4.90 Å². The lowest BCUT2D eigenvalue weighted by molar-refractivity contribution is 0.240. The first-order chi connectivity index (χ1) is 10.1. The molecule has 0 amide bonds. The van der Waals surface area contributed by atoms with Crippen LogP contribution in [-0.4, -0.2) is 31.6 Å². The van der Waals surface area contributed by atoms with E-state index in [0.717, 1.165) is 24.1 Å². The van der Waals surface area contributed by atoms with E-state index in [1.165, 1.54) is 32.1 Å². The van der Waals surface area contributed by atoms with Gasteiger partial charge in [0, 0.05) is 12.6 Å². The molecule has 0 bridgehead atoms. The molecule has 1 saturated carbocycles. The highest BCUT2D eigenvalue weighted by Crippen LogP contribution is 2.29. The Hall–Kier alpha value is -0.800. The third-order valence-electron chi connectivity index (χ3n) is 5.05. The molecule has 1 aliphatic carbocycles. The molecular weight excluding hydrogens is 260 g/mol. The minimum absolute atomic E-state index is 0.323. The lowest BCUT2D eigenvalue weighted by atomic mass is 9.89. The Balaban J connectivity index is 1.84. The molecule has 1 N–H and O–H groups in total. The van der Waals surface area contributed by atoms with Gasteiger partial charge in [0.05, 0.1) is 12.3 Å². The smallest absolute Gasteiger partial charge is 0.122 e. The highest BCUT2D eigenvalue weighted by Gasteiger charge is 2.23. The molecule has 0 spiro atoms. The average molecular weight is 292 g/mol. The van der Waals surface area contributed by atoms with Gasteiger partial charge in [0.15, 0.2) is 0 Å². The summed E-state index contributed by atoms with van der Waals surface area (Å²) in [5, 5.41) is 3.79. The Morgan fingerprint density at radius 3 is 2.67 bits per heavy atom. The highest BCUT2D eigenvalue weighted by molar-refractivity contribution is 5.05. The Labute approximate surface area is 130 Å². The predicted molar refractivity (Wildman–Crippen MR) is 88.3 cm³/mol. The van der Waals surface area contributed by atoms with Crippen molar-refractivity contribution < 1.29 is 4.42 Å². The van der Waals surface area contributed by atoms with E-state index in [1.54, 1.807) is 6.26 Å². The maximum absolute atomic E-state index is 5.59. The van der Waals surface area contributed by atoms with Gasteiger partial charge in [-0.25, -0.2) is 0 Å². The van der Waals surface area contributed by atoms with Crippen LogP contribution < -0.4 is 5.32 Å². The molecule has 21 heavy (non-hydrogen) atoms. The van der Waals surface area contributed by atoms with Crippen LogP contribution >= 0.6 is 0 Å². The van der Waals surface area contributed by atoms with Crippen molar-refractivity contribution in [2.75, 3.05) is 20.6 Å². The molecule has 3 atom stereocenters. The number of hydrogen-bond acceptors (Lipinski definition) is 3. The number of nitrogens with zero attached hydrogens (tertiary/aromatic N) is 1.